The molecule has 6 heteroatoms. The molecule has 0 amide bonds. The molecule has 0 unspecified atom stereocenters. The molecule has 21 heavy (non-hydrogen) atoms. The summed E-state index contributed by atoms with van der Waals surface area (Å²) in [6, 6.07) is 3.87. The van der Waals surface area contributed by atoms with Gasteiger partial charge in [-0.25, -0.2) is 15.0 Å². The van der Waals surface area contributed by atoms with E-state index in [2.05, 4.69) is 40.1 Å². The van der Waals surface area contributed by atoms with E-state index < -0.39 is 0 Å². The van der Waals surface area contributed by atoms with Gasteiger partial charge in [-0.1, -0.05) is 32.4 Å². The maximum Gasteiger partial charge on any atom is 0.222 e. The number of hydrogen-bond acceptors (Lipinski definition) is 3. The normalized spacial score (nSPS) is 12.0. The van der Waals surface area contributed by atoms with Crippen LogP contribution in [0.4, 0.5) is 0 Å². The van der Waals surface area contributed by atoms with Crippen molar-refractivity contribution in [3.8, 4) is 11.3 Å². The quantitative estimate of drug-likeness (QED) is 0.624. The molecule has 0 aliphatic heterocycles. The first-order valence-corrected chi connectivity index (χ1v) is 7.28. The second-order valence-corrected chi connectivity index (χ2v) is 6.62. The van der Waals surface area contributed by atoms with Crippen LogP contribution in [-0.4, -0.2) is 19.4 Å². The van der Waals surface area contributed by atoms with E-state index in [1.54, 1.807) is 0 Å². The number of hydrogen-bond donors (Lipinski definition) is 0. The van der Waals surface area contributed by atoms with Crippen LogP contribution >= 0.6 is 23.2 Å². The summed E-state index contributed by atoms with van der Waals surface area (Å²) in [7, 11) is 0. The average molecular weight is 321 g/mol. The molecule has 3 aromatic heterocycles. The maximum absolute atomic E-state index is 6.18. The number of rotatable bonds is 1. The molecule has 3 aromatic rings. The molecule has 0 aliphatic rings. The van der Waals surface area contributed by atoms with Crippen molar-refractivity contribution in [3.63, 3.8) is 0 Å². The summed E-state index contributed by atoms with van der Waals surface area (Å²) >= 11 is 12.0. The summed E-state index contributed by atoms with van der Waals surface area (Å²) in [5.41, 5.74) is 3.49. The van der Waals surface area contributed by atoms with Gasteiger partial charge in [0.15, 0.2) is 0 Å². The Hall–Kier alpha value is -1.65. The van der Waals surface area contributed by atoms with Crippen LogP contribution in [0.25, 0.3) is 16.9 Å². The molecule has 4 nitrogen and oxygen atoms in total. The molecule has 108 valence electrons. The molecule has 0 N–H and O–H groups in total. The Balaban J connectivity index is 2.23. The molecule has 0 aromatic carbocycles. The first-order chi connectivity index (χ1) is 9.86. The molecule has 3 heterocycles. The lowest BCUT2D eigenvalue weighted by Crippen LogP contribution is -2.14. The van der Waals surface area contributed by atoms with Crippen molar-refractivity contribution in [1.82, 2.24) is 19.4 Å². The number of nitrogens with zero attached hydrogens (tertiary/aromatic N) is 4. The van der Waals surface area contributed by atoms with Crippen molar-refractivity contribution in [2.24, 2.45) is 0 Å². The van der Waals surface area contributed by atoms with E-state index in [0.717, 1.165) is 16.9 Å². The van der Waals surface area contributed by atoms with Crippen molar-refractivity contribution in [2.75, 3.05) is 0 Å². The Kier molecular flexibility index (Phi) is 3.38. The molecule has 0 atom stereocenters. The van der Waals surface area contributed by atoms with Gasteiger partial charge in [-0.15, -0.1) is 0 Å². The highest BCUT2D eigenvalue weighted by Gasteiger charge is 2.19. The Labute approximate surface area is 132 Å². The second kappa shape index (κ2) is 4.97. The van der Waals surface area contributed by atoms with Gasteiger partial charge in [0.25, 0.3) is 0 Å². The van der Waals surface area contributed by atoms with E-state index in [0.29, 0.717) is 10.7 Å². The maximum atomic E-state index is 6.18. The Morgan fingerprint density at radius 2 is 1.81 bits per heavy atom. The zero-order chi connectivity index (χ0) is 15.2. The number of imidazole rings is 1. The number of halogens is 2. The second-order valence-electron chi connectivity index (χ2n) is 5.87. The monoisotopic (exact) mass is 320 g/mol. The van der Waals surface area contributed by atoms with Gasteiger partial charge < -0.3 is 4.40 Å². The van der Waals surface area contributed by atoms with Gasteiger partial charge in [0.1, 0.15) is 5.65 Å². The third-order valence-corrected chi connectivity index (χ3v) is 3.72. The van der Waals surface area contributed by atoms with E-state index in [9.17, 15) is 0 Å². The molecule has 0 radical (unpaired) electrons. The van der Waals surface area contributed by atoms with Gasteiger partial charge >= 0.3 is 0 Å². The van der Waals surface area contributed by atoms with Crippen molar-refractivity contribution in [2.45, 2.75) is 26.2 Å². The van der Waals surface area contributed by atoms with E-state index in [1.165, 1.54) is 6.20 Å². The highest BCUT2D eigenvalue weighted by molar-refractivity contribution is 6.33. The third kappa shape index (κ3) is 2.61. The molecule has 0 bridgehead atoms. The molecular formula is C15H14Cl2N4. The van der Waals surface area contributed by atoms with Crippen LogP contribution in [0.5, 0.6) is 0 Å². The van der Waals surface area contributed by atoms with Crippen LogP contribution in [0, 0.1) is 0 Å². The fourth-order valence-corrected chi connectivity index (χ4v) is 2.56. The minimum absolute atomic E-state index is 0.00878. The summed E-state index contributed by atoms with van der Waals surface area (Å²) in [4.78, 5) is 12.5. The first-order valence-electron chi connectivity index (χ1n) is 6.52. The van der Waals surface area contributed by atoms with Crippen molar-refractivity contribution in [3.05, 3.63) is 46.7 Å². The Bertz CT molecular complexity index is 818. The van der Waals surface area contributed by atoms with Crippen LogP contribution < -0.4 is 0 Å². The minimum Gasteiger partial charge on any atom is -0.303 e. The summed E-state index contributed by atoms with van der Waals surface area (Å²) < 4.78 is 2.06. The average Bonchev–Trinajstić information content (AvgIpc) is 2.84. The molecule has 0 saturated carbocycles. The van der Waals surface area contributed by atoms with Crippen LogP contribution in [0.1, 0.15) is 26.5 Å². The largest absolute Gasteiger partial charge is 0.303 e. The van der Waals surface area contributed by atoms with Gasteiger partial charge in [0, 0.05) is 29.1 Å². The molecule has 0 aliphatic carbocycles. The van der Waals surface area contributed by atoms with Crippen molar-refractivity contribution >= 4 is 28.8 Å². The SMILES string of the molecule is CC(C)(C)c1cnc2ccc(-c3nc(Cl)ncc3Cl)cn12. The molecule has 0 fully saturated rings. The van der Waals surface area contributed by atoms with Crippen LogP contribution in [-0.2, 0) is 5.41 Å². The molecule has 3 rings (SSSR count). The lowest BCUT2D eigenvalue weighted by atomic mass is 9.93. The number of pyridine rings is 1. The highest BCUT2D eigenvalue weighted by Crippen LogP contribution is 2.29. The number of fused-ring (bicyclic) bond motifs is 1. The van der Waals surface area contributed by atoms with Gasteiger partial charge in [-0.2, -0.15) is 0 Å². The smallest absolute Gasteiger partial charge is 0.222 e. The van der Waals surface area contributed by atoms with Gasteiger partial charge in [0.05, 0.1) is 16.9 Å². The summed E-state index contributed by atoms with van der Waals surface area (Å²) in [6.07, 6.45) is 5.39. The lowest BCUT2D eigenvalue weighted by molar-refractivity contribution is 0.563. The highest BCUT2D eigenvalue weighted by atomic mass is 35.5. The van der Waals surface area contributed by atoms with E-state index >= 15 is 0 Å². The third-order valence-electron chi connectivity index (χ3n) is 3.26. The van der Waals surface area contributed by atoms with Gasteiger partial charge in [-0.3, -0.25) is 0 Å². The minimum atomic E-state index is -0.00878. The van der Waals surface area contributed by atoms with Crippen LogP contribution in [0.15, 0.2) is 30.7 Å². The van der Waals surface area contributed by atoms with Crippen molar-refractivity contribution in [1.29, 1.82) is 0 Å². The summed E-state index contributed by atoms with van der Waals surface area (Å²) in [5, 5.41) is 0.646. The first kappa shape index (κ1) is 14.3. The summed E-state index contributed by atoms with van der Waals surface area (Å²) in [6.45, 7) is 6.45. The van der Waals surface area contributed by atoms with Gasteiger partial charge in [-0.05, 0) is 23.7 Å². The van der Waals surface area contributed by atoms with Crippen LogP contribution in [0.2, 0.25) is 10.3 Å². The van der Waals surface area contributed by atoms with Gasteiger partial charge in [0.2, 0.25) is 5.28 Å². The topological polar surface area (TPSA) is 43.1 Å². The fourth-order valence-electron chi connectivity index (χ4n) is 2.22. The molecule has 0 spiro atoms. The Morgan fingerprint density at radius 1 is 1.05 bits per heavy atom. The standard InChI is InChI=1S/C15H14Cl2N4/c1-15(2,3)11-7-18-12-5-4-9(8-21(11)12)13-10(16)6-19-14(17)20-13/h4-8H,1-3H3. The Morgan fingerprint density at radius 3 is 2.52 bits per heavy atom. The van der Waals surface area contributed by atoms with E-state index in [-0.39, 0.29) is 10.7 Å². The van der Waals surface area contributed by atoms with Crippen molar-refractivity contribution < 1.29 is 0 Å². The zero-order valence-corrected chi connectivity index (χ0v) is 13.4. The fraction of sp³-hybridized carbons (Fsp3) is 0.267. The molecule has 0 saturated heterocycles. The predicted octanol–water partition coefficient (Wildman–Crippen LogP) is 4.40. The molecular weight excluding hydrogens is 307 g/mol. The zero-order valence-electron chi connectivity index (χ0n) is 11.9. The summed E-state index contributed by atoms with van der Waals surface area (Å²) in [5.74, 6) is 0. The predicted molar refractivity (Wildman–Crippen MR) is 84.9 cm³/mol. The van der Waals surface area contributed by atoms with E-state index in [4.69, 9.17) is 23.2 Å². The van der Waals surface area contributed by atoms with E-state index in [1.807, 2.05) is 24.5 Å². The number of aromatic nitrogens is 4. The lowest BCUT2D eigenvalue weighted by Gasteiger charge is -2.18. The van der Waals surface area contributed by atoms with Crippen LogP contribution in [0.3, 0.4) is 0 Å².